The summed E-state index contributed by atoms with van der Waals surface area (Å²) in [5.74, 6) is -1.97. The first-order chi connectivity index (χ1) is 50.6. The number of esters is 2. The Morgan fingerprint density at radius 2 is 0.553 bits per heavy atom. The number of carboxylic acids is 1. The number of carboxylic acid groups (broad SMARTS) is 1. The minimum Gasteiger partial charge on any atom is -0.477 e. The topological polar surface area (TPSA) is 108 Å². The molecule has 0 aliphatic carbocycles. The smallest absolute Gasteiger partial charge is 0.361 e. The van der Waals surface area contributed by atoms with Gasteiger partial charge in [-0.15, -0.1) is 0 Å². The normalized spacial score (nSPS) is 12.9. The lowest BCUT2D eigenvalue weighted by Gasteiger charge is -2.25. The summed E-state index contributed by atoms with van der Waals surface area (Å²) < 4.78 is 23.1. The van der Waals surface area contributed by atoms with Gasteiger partial charge in [-0.25, -0.2) is 4.79 Å². The number of allylic oxidation sites excluding steroid dienone is 12. The van der Waals surface area contributed by atoms with E-state index in [0.717, 1.165) is 77.0 Å². The van der Waals surface area contributed by atoms with Crippen molar-refractivity contribution in [2.45, 2.75) is 463 Å². The van der Waals surface area contributed by atoms with Gasteiger partial charge in [-0.3, -0.25) is 9.59 Å². The fourth-order valence-electron chi connectivity index (χ4n) is 13.7. The largest absolute Gasteiger partial charge is 0.477 e. The first kappa shape index (κ1) is 99.7. The quantitative estimate of drug-likeness (QED) is 0.0211. The number of carbonyl (C=O) groups is 3. The Hall–Kier alpha value is -3.27. The lowest BCUT2D eigenvalue weighted by molar-refractivity contribution is -0.870. The zero-order chi connectivity index (χ0) is 74.6. The summed E-state index contributed by atoms with van der Waals surface area (Å²) in [6.07, 6.45) is 113. The van der Waals surface area contributed by atoms with Crippen LogP contribution in [-0.4, -0.2) is 87.4 Å². The average molecular weight is 1450 g/mol. The maximum Gasteiger partial charge on any atom is 0.361 e. The number of likely N-dealkylation sites (N-methyl/N-ethyl adjacent to an activating group) is 1. The SMILES string of the molecule is CC/C=C\C/C=C\C/C=C\C/C=C\C/C=C\C/C=C\CCCCCCCCCCCCCCCCCCCCCCCCC(=O)OC(COC(=O)CCCCCCCCCCCCCCCCCCCCCCCCCCCCCCCCCCCCCCC)COC(OCC[N+](C)(C)C)C(=O)O. The molecule has 0 saturated heterocycles. The molecule has 9 heteroatoms. The molecule has 2 atom stereocenters. The summed E-state index contributed by atoms with van der Waals surface area (Å²) in [5, 5.41) is 9.80. The second kappa shape index (κ2) is 84.4. The molecule has 0 amide bonds. The van der Waals surface area contributed by atoms with Crippen molar-refractivity contribution in [3.8, 4) is 0 Å². The Morgan fingerprint density at radius 1 is 0.301 bits per heavy atom. The molecule has 602 valence electrons. The molecular weight excluding hydrogens is 1270 g/mol. The van der Waals surface area contributed by atoms with Crippen LogP contribution in [-0.2, 0) is 33.3 Å². The Labute approximate surface area is 640 Å². The minimum absolute atomic E-state index is 0.176. The molecule has 0 aliphatic heterocycles. The van der Waals surface area contributed by atoms with Crippen LogP contribution in [0.1, 0.15) is 450 Å². The maximum absolute atomic E-state index is 13.0. The fourth-order valence-corrected chi connectivity index (χ4v) is 13.7. The summed E-state index contributed by atoms with van der Waals surface area (Å²) in [5.41, 5.74) is 0. The number of hydrogen-bond donors (Lipinski definition) is 1. The Morgan fingerprint density at radius 3 is 0.825 bits per heavy atom. The van der Waals surface area contributed by atoms with Crippen LogP contribution in [0.25, 0.3) is 0 Å². The molecule has 103 heavy (non-hydrogen) atoms. The lowest BCUT2D eigenvalue weighted by atomic mass is 10.0. The summed E-state index contributed by atoms with van der Waals surface area (Å²) >= 11 is 0. The molecule has 1 N–H and O–H groups in total. The lowest BCUT2D eigenvalue weighted by Crippen LogP contribution is -2.40. The highest BCUT2D eigenvalue weighted by Crippen LogP contribution is 2.21. The monoisotopic (exact) mass is 1450 g/mol. The average Bonchev–Trinajstić information content (AvgIpc) is 1.01. The first-order valence-electron chi connectivity index (χ1n) is 45.1. The molecule has 0 aromatic heterocycles. The first-order valence-corrected chi connectivity index (χ1v) is 45.1. The van der Waals surface area contributed by atoms with Crippen LogP contribution in [0, 0.1) is 0 Å². The third-order valence-corrected chi connectivity index (χ3v) is 20.5. The van der Waals surface area contributed by atoms with Gasteiger partial charge in [0.1, 0.15) is 13.2 Å². The van der Waals surface area contributed by atoms with E-state index in [0.29, 0.717) is 17.4 Å². The second-order valence-electron chi connectivity index (χ2n) is 31.9. The molecule has 0 fully saturated rings. The van der Waals surface area contributed by atoms with Gasteiger partial charge in [-0.05, 0) is 64.2 Å². The van der Waals surface area contributed by atoms with E-state index in [9.17, 15) is 19.5 Å². The number of ether oxygens (including phenoxy) is 4. The highest BCUT2D eigenvalue weighted by Gasteiger charge is 2.25. The summed E-state index contributed by atoms with van der Waals surface area (Å²) in [6.45, 7) is 4.85. The zero-order valence-corrected chi connectivity index (χ0v) is 69.2. The van der Waals surface area contributed by atoms with Gasteiger partial charge >= 0.3 is 17.9 Å². The van der Waals surface area contributed by atoms with Crippen molar-refractivity contribution in [3.05, 3.63) is 72.9 Å². The van der Waals surface area contributed by atoms with E-state index in [4.69, 9.17) is 18.9 Å². The third-order valence-electron chi connectivity index (χ3n) is 20.5. The summed E-state index contributed by atoms with van der Waals surface area (Å²) in [7, 11) is 6.00. The van der Waals surface area contributed by atoms with Gasteiger partial charge in [0.05, 0.1) is 34.4 Å². The van der Waals surface area contributed by atoms with Gasteiger partial charge in [0.25, 0.3) is 6.29 Å². The molecule has 0 radical (unpaired) electrons. The predicted octanol–water partition coefficient (Wildman–Crippen LogP) is 29.5. The van der Waals surface area contributed by atoms with E-state index in [1.165, 1.54) is 347 Å². The number of hydrogen-bond acceptors (Lipinski definition) is 7. The van der Waals surface area contributed by atoms with Crippen LogP contribution < -0.4 is 0 Å². The molecule has 0 aromatic carbocycles. The molecule has 9 nitrogen and oxygen atoms in total. The standard InChI is InChI=1S/C94H173NO8/c1-6-8-10-12-14-16-18-20-22-24-26-28-30-32-34-36-38-40-42-44-45-46-47-49-51-53-55-57-59-61-63-65-67-69-71-73-75-77-79-81-83-85-92(97)103-90(89-102-94(93(98)99)100-87-86-95(3,4)5)88-101-91(96)84-82-80-78-76-74-72-70-68-66-64-62-60-58-56-54-52-50-48-43-41-39-37-35-33-31-29-27-25-23-21-19-17-15-13-11-9-7-2/h8,10,14,16,20,22,26,28,32,34,38,40,90,94H,6-7,9,11-13,15,17-19,21,23-25,27,29-31,33,35-37,39,41-89H2,1-5H3/p+1/b10-8-,16-14-,22-20-,28-26-,34-32-,40-38-. The zero-order valence-electron chi connectivity index (χ0n) is 69.2. The second-order valence-corrected chi connectivity index (χ2v) is 31.9. The molecule has 0 aliphatic rings. The van der Waals surface area contributed by atoms with Crippen molar-refractivity contribution in [3.63, 3.8) is 0 Å². The molecule has 0 bridgehead atoms. The van der Waals surface area contributed by atoms with Crippen molar-refractivity contribution >= 4 is 17.9 Å². The van der Waals surface area contributed by atoms with Gasteiger partial charge in [-0.1, -0.05) is 446 Å². The van der Waals surface area contributed by atoms with Crippen LogP contribution in [0.3, 0.4) is 0 Å². The van der Waals surface area contributed by atoms with Gasteiger partial charge < -0.3 is 28.5 Å². The van der Waals surface area contributed by atoms with Gasteiger partial charge in [0, 0.05) is 12.8 Å². The number of rotatable bonds is 85. The van der Waals surface area contributed by atoms with Crippen molar-refractivity contribution in [2.75, 3.05) is 47.5 Å². The Bertz CT molecular complexity index is 1930. The van der Waals surface area contributed by atoms with Gasteiger partial charge in [0.2, 0.25) is 0 Å². The number of carbonyl (C=O) groups excluding carboxylic acids is 2. The number of quaternary nitrogens is 1. The maximum atomic E-state index is 13.0. The number of nitrogens with zero attached hydrogens (tertiary/aromatic N) is 1. The van der Waals surface area contributed by atoms with Crippen LogP contribution in [0.4, 0.5) is 0 Å². The van der Waals surface area contributed by atoms with E-state index < -0.39 is 18.4 Å². The molecule has 0 heterocycles. The Balaban J connectivity index is 3.91. The molecule has 0 aromatic rings. The molecule has 0 saturated carbocycles. The molecular formula is C94H174NO8+. The van der Waals surface area contributed by atoms with Crippen LogP contribution in [0.15, 0.2) is 72.9 Å². The van der Waals surface area contributed by atoms with E-state index in [2.05, 4.69) is 86.8 Å². The van der Waals surface area contributed by atoms with Gasteiger partial charge in [-0.2, -0.15) is 0 Å². The third kappa shape index (κ3) is 85.9. The van der Waals surface area contributed by atoms with Crippen LogP contribution in [0.5, 0.6) is 0 Å². The van der Waals surface area contributed by atoms with E-state index >= 15 is 0 Å². The molecule has 0 rings (SSSR count). The number of unbranched alkanes of at least 4 members (excludes halogenated alkanes) is 58. The predicted molar refractivity (Wildman–Crippen MR) is 447 cm³/mol. The van der Waals surface area contributed by atoms with Crippen molar-refractivity contribution in [1.82, 2.24) is 0 Å². The van der Waals surface area contributed by atoms with Crippen molar-refractivity contribution < 1.29 is 42.9 Å². The summed E-state index contributed by atoms with van der Waals surface area (Å²) in [6, 6.07) is 0. The Kier molecular flexibility index (Phi) is 81.7. The minimum atomic E-state index is -1.51. The van der Waals surface area contributed by atoms with Crippen LogP contribution in [0.2, 0.25) is 0 Å². The summed E-state index contributed by atoms with van der Waals surface area (Å²) in [4.78, 5) is 37.8. The van der Waals surface area contributed by atoms with Crippen molar-refractivity contribution in [1.29, 1.82) is 0 Å². The fraction of sp³-hybridized carbons (Fsp3) is 0.840. The van der Waals surface area contributed by atoms with Gasteiger partial charge in [0.15, 0.2) is 6.10 Å². The number of aliphatic carboxylic acids is 1. The molecule has 2 unspecified atom stereocenters. The van der Waals surface area contributed by atoms with E-state index in [1.807, 2.05) is 21.1 Å². The van der Waals surface area contributed by atoms with E-state index in [-0.39, 0.29) is 38.2 Å². The van der Waals surface area contributed by atoms with Crippen molar-refractivity contribution in [2.24, 2.45) is 0 Å². The van der Waals surface area contributed by atoms with Crippen LogP contribution >= 0.6 is 0 Å². The highest BCUT2D eigenvalue weighted by atomic mass is 16.7. The van der Waals surface area contributed by atoms with E-state index in [1.54, 1.807) is 0 Å². The highest BCUT2D eigenvalue weighted by molar-refractivity contribution is 5.71. The molecule has 0 spiro atoms.